The van der Waals surface area contributed by atoms with Crippen LogP contribution in [-0.2, 0) is 0 Å². The number of ketones is 1. The lowest BCUT2D eigenvalue weighted by Gasteiger charge is -2.03. The van der Waals surface area contributed by atoms with Gasteiger partial charge >= 0.3 is 0 Å². The molecule has 0 radical (unpaired) electrons. The van der Waals surface area contributed by atoms with Gasteiger partial charge in [-0.25, -0.2) is 4.98 Å². The summed E-state index contributed by atoms with van der Waals surface area (Å²) in [6.45, 7) is 0.585. The molecule has 2 aromatic heterocycles. The van der Waals surface area contributed by atoms with Crippen molar-refractivity contribution in [1.82, 2.24) is 15.3 Å². The third-order valence-corrected chi connectivity index (χ3v) is 3.81. The molecule has 0 aliphatic carbocycles. The molecule has 0 saturated carbocycles. The highest BCUT2D eigenvalue weighted by Gasteiger charge is 2.10. The fourth-order valence-electron chi connectivity index (χ4n) is 2.55. The summed E-state index contributed by atoms with van der Waals surface area (Å²) >= 11 is 0. The van der Waals surface area contributed by atoms with Crippen LogP contribution in [0.1, 0.15) is 46.9 Å². The van der Waals surface area contributed by atoms with Gasteiger partial charge < -0.3 is 14.7 Å². The van der Waals surface area contributed by atoms with Crippen LogP contribution >= 0.6 is 0 Å². The Hall–Kier alpha value is -2.89. The van der Waals surface area contributed by atoms with Gasteiger partial charge in [0.15, 0.2) is 0 Å². The monoisotopic (exact) mass is 325 g/mol. The first-order chi connectivity index (χ1) is 11.7. The van der Waals surface area contributed by atoms with Crippen molar-refractivity contribution in [2.45, 2.75) is 25.7 Å². The summed E-state index contributed by atoms with van der Waals surface area (Å²) in [6, 6.07) is 9.63. The minimum Gasteiger partial charge on any atom is -0.442 e. The average molecular weight is 325 g/mol. The number of unbranched alkanes of at least 4 members (excludes halogenated alkanes) is 2. The van der Waals surface area contributed by atoms with Crippen LogP contribution in [0, 0.1) is 0 Å². The normalized spacial score (nSPS) is 10.8. The SMILES string of the molecule is O=C(NCCCCCC(=O)c1ncco1)c1cc2ccccc2[nH]1. The Morgan fingerprint density at radius 3 is 2.83 bits per heavy atom. The third-order valence-electron chi connectivity index (χ3n) is 3.81. The first-order valence-corrected chi connectivity index (χ1v) is 8.03. The van der Waals surface area contributed by atoms with E-state index in [1.165, 1.54) is 12.5 Å². The van der Waals surface area contributed by atoms with E-state index in [4.69, 9.17) is 4.42 Å². The summed E-state index contributed by atoms with van der Waals surface area (Å²) in [5.41, 5.74) is 1.52. The summed E-state index contributed by atoms with van der Waals surface area (Å²) in [5.74, 6) is -0.0220. The largest absolute Gasteiger partial charge is 0.442 e. The van der Waals surface area contributed by atoms with Crippen LogP contribution in [0.25, 0.3) is 10.9 Å². The summed E-state index contributed by atoms with van der Waals surface area (Å²) in [6.07, 6.45) is 5.71. The molecule has 124 valence electrons. The van der Waals surface area contributed by atoms with Crippen LogP contribution in [0.2, 0.25) is 0 Å². The molecule has 0 saturated heterocycles. The summed E-state index contributed by atoms with van der Waals surface area (Å²) < 4.78 is 4.96. The van der Waals surface area contributed by atoms with E-state index >= 15 is 0 Å². The van der Waals surface area contributed by atoms with Crippen molar-refractivity contribution < 1.29 is 14.0 Å². The van der Waals surface area contributed by atoms with Crippen LogP contribution in [0.15, 0.2) is 47.2 Å². The fraction of sp³-hybridized carbons (Fsp3) is 0.278. The van der Waals surface area contributed by atoms with Crippen molar-refractivity contribution in [2.24, 2.45) is 0 Å². The predicted molar refractivity (Wildman–Crippen MR) is 89.9 cm³/mol. The van der Waals surface area contributed by atoms with Crippen LogP contribution in [0.3, 0.4) is 0 Å². The van der Waals surface area contributed by atoms with Crippen LogP contribution in [0.4, 0.5) is 0 Å². The lowest BCUT2D eigenvalue weighted by Crippen LogP contribution is -2.24. The lowest BCUT2D eigenvalue weighted by atomic mass is 10.1. The number of hydrogen-bond acceptors (Lipinski definition) is 4. The zero-order chi connectivity index (χ0) is 16.8. The molecule has 1 aromatic carbocycles. The maximum Gasteiger partial charge on any atom is 0.267 e. The van der Waals surface area contributed by atoms with Gasteiger partial charge in [0.05, 0.1) is 6.20 Å². The quantitative estimate of drug-likeness (QED) is 0.491. The van der Waals surface area contributed by atoms with E-state index in [9.17, 15) is 9.59 Å². The van der Waals surface area contributed by atoms with Crippen molar-refractivity contribution in [2.75, 3.05) is 6.54 Å². The van der Waals surface area contributed by atoms with Gasteiger partial charge in [-0.15, -0.1) is 0 Å². The van der Waals surface area contributed by atoms with Gasteiger partial charge in [-0.05, 0) is 25.0 Å². The molecule has 0 spiro atoms. The molecule has 6 heteroatoms. The summed E-state index contributed by atoms with van der Waals surface area (Å²) in [7, 11) is 0. The maximum absolute atomic E-state index is 12.1. The highest BCUT2D eigenvalue weighted by Crippen LogP contribution is 2.14. The van der Waals surface area contributed by atoms with Crippen molar-refractivity contribution in [3.63, 3.8) is 0 Å². The number of aromatic amines is 1. The predicted octanol–water partition coefficient (Wildman–Crippen LogP) is 3.33. The third kappa shape index (κ3) is 3.90. The second kappa shape index (κ2) is 7.59. The number of H-pyrrole nitrogens is 1. The second-order valence-electron chi connectivity index (χ2n) is 5.60. The van der Waals surface area contributed by atoms with E-state index in [2.05, 4.69) is 15.3 Å². The number of carbonyl (C=O) groups is 2. The number of aromatic nitrogens is 2. The van der Waals surface area contributed by atoms with E-state index in [1.807, 2.05) is 30.3 Å². The number of carbonyl (C=O) groups excluding carboxylic acids is 2. The Morgan fingerprint density at radius 1 is 1.17 bits per heavy atom. The van der Waals surface area contributed by atoms with Gasteiger partial charge in [0.1, 0.15) is 12.0 Å². The molecule has 0 bridgehead atoms. The van der Waals surface area contributed by atoms with Crippen molar-refractivity contribution in [3.05, 3.63) is 54.4 Å². The molecular weight excluding hydrogens is 306 g/mol. The van der Waals surface area contributed by atoms with E-state index in [-0.39, 0.29) is 17.6 Å². The Labute approximate surface area is 139 Å². The standard InChI is InChI=1S/C18H19N3O3/c22-16(18-20-10-11-24-18)8-2-1-5-9-19-17(23)15-12-13-6-3-4-7-14(13)21-15/h3-4,6-7,10-12,21H,1-2,5,8-9H2,(H,19,23). The first-order valence-electron chi connectivity index (χ1n) is 8.03. The maximum atomic E-state index is 12.1. The number of fused-ring (bicyclic) bond motifs is 1. The van der Waals surface area contributed by atoms with Crippen molar-refractivity contribution in [1.29, 1.82) is 0 Å². The molecule has 3 aromatic rings. The zero-order valence-corrected chi connectivity index (χ0v) is 13.2. The number of rotatable bonds is 8. The van der Waals surface area contributed by atoms with Crippen LogP contribution in [-0.4, -0.2) is 28.2 Å². The van der Waals surface area contributed by atoms with Crippen molar-refractivity contribution >= 4 is 22.6 Å². The Morgan fingerprint density at radius 2 is 2.04 bits per heavy atom. The van der Waals surface area contributed by atoms with Gasteiger partial charge in [-0.3, -0.25) is 9.59 Å². The van der Waals surface area contributed by atoms with Crippen LogP contribution < -0.4 is 5.32 Å². The molecule has 2 heterocycles. The number of oxazole rings is 1. The van der Waals surface area contributed by atoms with Crippen LogP contribution in [0.5, 0.6) is 0 Å². The lowest BCUT2D eigenvalue weighted by molar-refractivity contribution is 0.0934. The van der Waals surface area contributed by atoms with Gasteiger partial charge in [-0.2, -0.15) is 0 Å². The smallest absolute Gasteiger partial charge is 0.267 e. The van der Waals surface area contributed by atoms with E-state index in [0.29, 0.717) is 18.7 Å². The Bertz CT molecular complexity index is 788. The molecule has 6 nitrogen and oxygen atoms in total. The van der Waals surface area contributed by atoms with Gasteiger partial charge in [-0.1, -0.05) is 24.6 Å². The molecule has 3 rings (SSSR count). The molecule has 0 aliphatic rings. The summed E-state index contributed by atoms with van der Waals surface area (Å²) in [5, 5.41) is 3.91. The average Bonchev–Trinajstić information content (AvgIpc) is 3.26. The van der Waals surface area contributed by atoms with Gasteiger partial charge in [0.25, 0.3) is 11.8 Å². The molecule has 0 unspecified atom stereocenters. The van der Waals surface area contributed by atoms with E-state index < -0.39 is 0 Å². The number of para-hydroxylation sites is 1. The first kappa shape index (κ1) is 16.0. The van der Waals surface area contributed by atoms with Gasteiger partial charge in [0, 0.05) is 23.9 Å². The number of nitrogens with zero attached hydrogens (tertiary/aromatic N) is 1. The fourth-order valence-corrected chi connectivity index (χ4v) is 2.55. The Kier molecular flexibility index (Phi) is 5.05. The highest BCUT2D eigenvalue weighted by molar-refractivity contribution is 5.97. The highest BCUT2D eigenvalue weighted by atomic mass is 16.3. The van der Waals surface area contributed by atoms with Crippen molar-refractivity contribution in [3.8, 4) is 0 Å². The van der Waals surface area contributed by atoms with Gasteiger partial charge in [0.2, 0.25) is 5.78 Å². The molecule has 24 heavy (non-hydrogen) atoms. The Balaban J connectivity index is 1.35. The summed E-state index contributed by atoms with van der Waals surface area (Å²) in [4.78, 5) is 30.7. The van der Waals surface area contributed by atoms with E-state index in [0.717, 1.165) is 30.2 Å². The zero-order valence-electron chi connectivity index (χ0n) is 13.2. The molecule has 0 fully saturated rings. The molecule has 2 N–H and O–H groups in total. The molecule has 0 aliphatic heterocycles. The molecule has 1 amide bonds. The minimum absolute atomic E-state index is 0.0814. The number of nitrogens with one attached hydrogen (secondary N) is 2. The minimum atomic E-state index is -0.109. The number of Topliss-reactive ketones (excluding diaryl/α,β-unsaturated/α-hetero) is 1. The second-order valence-corrected chi connectivity index (χ2v) is 5.60. The topological polar surface area (TPSA) is 88.0 Å². The van der Waals surface area contributed by atoms with E-state index in [1.54, 1.807) is 0 Å². The molecule has 0 atom stereocenters. The number of benzene rings is 1. The number of amides is 1. The molecular formula is C18H19N3O3. The number of hydrogen-bond donors (Lipinski definition) is 2.